The Morgan fingerprint density at radius 3 is 2.47 bits per heavy atom. The maximum Gasteiger partial charge on any atom is 0.0294 e. The molecule has 0 aliphatic carbocycles. The molecular formula is C13H20BrN. The van der Waals surface area contributed by atoms with Crippen molar-refractivity contribution in [3.8, 4) is 0 Å². The van der Waals surface area contributed by atoms with Gasteiger partial charge in [0.15, 0.2) is 0 Å². The third-order valence-electron chi connectivity index (χ3n) is 2.82. The zero-order valence-electron chi connectivity index (χ0n) is 9.76. The van der Waals surface area contributed by atoms with Gasteiger partial charge >= 0.3 is 0 Å². The third kappa shape index (κ3) is 3.96. The molecule has 0 saturated carbocycles. The SMILES string of the molecule is CCC(CC)N[C@H](C)c1cccc(Br)c1. The average molecular weight is 270 g/mol. The fourth-order valence-corrected chi connectivity index (χ4v) is 2.17. The van der Waals surface area contributed by atoms with Gasteiger partial charge < -0.3 is 5.32 Å². The molecule has 15 heavy (non-hydrogen) atoms. The first-order chi connectivity index (χ1) is 7.17. The first-order valence-corrected chi connectivity index (χ1v) is 6.48. The fraction of sp³-hybridized carbons (Fsp3) is 0.538. The van der Waals surface area contributed by atoms with Gasteiger partial charge in [-0.15, -0.1) is 0 Å². The number of rotatable bonds is 5. The molecule has 0 saturated heterocycles. The molecule has 1 rings (SSSR count). The van der Waals surface area contributed by atoms with Crippen LogP contribution in [0.5, 0.6) is 0 Å². The van der Waals surface area contributed by atoms with Crippen LogP contribution in [0.15, 0.2) is 28.7 Å². The molecule has 0 amide bonds. The molecule has 1 atom stereocenters. The Labute approximate surface area is 101 Å². The van der Waals surface area contributed by atoms with E-state index in [2.05, 4.69) is 66.3 Å². The highest BCUT2D eigenvalue weighted by atomic mass is 79.9. The van der Waals surface area contributed by atoms with Crippen molar-refractivity contribution < 1.29 is 0 Å². The van der Waals surface area contributed by atoms with E-state index in [0.717, 1.165) is 4.47 Å². The first-order valence-electron chi connectivity index (χ1n) is 5.68. The largest absolute Gasteiger partial charge is 0.307 e. The second-order valence-electron chi connectivity index (χ2n) is 3.96. The molecule has 1 aromatic carbocycles. The Kier molecular flexibility index (Phi) is 5.34. The summed E-state index contributed by atoms with van der Waals surface area (Å²) in [5.74, 6) is 0. The average Bonchev–Trinajstić information content (AvgIpc) is 2.25. The van der Waals surface area contributed by atoms with Crippen molar-refractivity contribution in [3.63, 3.8) is 0 Å². The van der Waals surface area contributed by atoms with Crippen LogP contribution >= 0.6 is 15.9 Å². The Morgan fingerprint density at radius 1 is 1.27 bits per heavy atom. The number of nitrogens with one attached hydrogen (secondary N) is 1. The molecule has 1 N–H and O–H groups in total. The van der Waals surface area contributed by atoms with E-state index in [0.29, 0.717) is 12.1 Å². The van der Waals surface area contributed by atoms with Crippen LogP contribution in [0, 0.1) is 0 Å². The summed E-state index contributed by atoms with van der Waals surface area (Å²) in [4.78, 5) is 0. The highest BCUT2D eigenvalue weighted by molar-refractivity contribution is 9.10. The molecule has 0 bridgehead atoms. The predicted molar refractivity (Wildman–Crippen MR) is 70.1 cm³/mol. The molecule has 0 fully saturated rings. The van der Waals surface area contributed by atoms with Gasteiger partial charge in [0.25, 0.3) is 0 Å². The zero-order chi connectivity index (χ0) is 11.3. The van der Waals surface area contributed by atoms with Crippen molar-refractivity contribution in [2.24, 2.45) is 0 Å². The van der Waals surface area contributed by atoms with Crippen LogP contribution in [0.3, 0.4) is 0 Å². The minimum absolute atomic E-state index is 0.424. The van der Waals surface area contributed by atoms with Crippen molar-refractivity contribution in [2.45, 2.75) is 45.7 Å². The van der Waals surface area contributed by atoms with E-state index in [1.807, 2.05) is 0 Å². The van der Waals surface area contributed by atoms with Crippen LogP contribution in [0.1, 0.15) is 45.2 Å². The lowest BCUT2D eigenvalue weighted by Gasteiger charge is -2.21. The Hall–Kier alpha value is -0.340. The summed E-state index contributed by atoms with van der Waals surface area (Å²) in [5, 5.41) is 3.64. The first kappa shape index (κ1) is 12.7. The molecule has 0 unspecified atom stereocenters. The monoisotopic (exact) mass is 269 g/mol. The molecule has 84 valence electrons. The van der Waals surface area contributed by atoms with Crippen molar-refractivity contribution in [2.75, 3.05) is 0 Å². The molecule has 0 aliphatic heterocycles. The number of hydrogen-bond acceptors (Lipinski definition) is 1. The number of benzene rings is 1. The Bertz CT molecular complexity index is 294. The van der Waals surface area contributed by atoms with Crippen LogP contribution in [0.4, 0.5) is 0 Å². The highest BCUT2D eigenvalue weighted by Gasteiger charge is 2.09. The third-order valence-corrected chi connectivity index (χ3v) is 3.31. The van der Waals surface area contributed by atoms with Gasteiger partial charge in [0.05, 0.1) is 0 Å². The van der Waals surface area contributed by atoms with Gasteiger partial charge in [-0.2, -0.15) is 0 Å². The molecule has 1 aromatic rings. The molecule has 0 aromatic heterocycles. The molecule has 2 heteroatoms. The van der Waals surface area contributed by atoms with Crippen LogP contribution in [0.2, 0.25) is 0 Å². The van der Waals surface area contributed by atoms with Crippen molar-refractivity contribution in [1.82, 2.24) is 5.32 Å². The van der Waals surface area contributed by atoms with Gasteiger partial charge in [-0.25, -0.2) is 0 Å². The molecule has 0 aliphatic rings. The van der Waals surface area contributed by atoms with E-state index in [-0.39, 0.29) is 0 Å². The fourth-order valence-electron chi connectivity index (χ4n) is 1.75. The van der Waals surface area contributed by atoms with Gasteiger partial charge in [-0.05, 0) is 37.5 Å². The second kappa shape index (κ2) is 6.29. The van der Waals surface area contributed by atoms with E-state index in [9.17, 15) is 0 Å². The maximum absolute atomic E-state index is 3.64. The molecule has 0 heterocycles. The lowest BCUT2D eigenvalue weighted by molar-refractivity contribution is 0.432. The summed E-state index contributed by atoms with van der Waals surface area (Å²) in [6.45, 7) is 6.68. The van der Waals surface area contributed by atoms with E-state index in [4.69, 9.17) is 0 Å². The lowest BCUT2D eigenvalue weighted by Crippen LogP contribution is -2.30. The minimum Gasteiger partial charge on any atom is -0.307 e. The minimum atomic E-state index is 0.424. The predicted octanol–water partition coefficient (Wildman–Crippen LogP) is 4.29. The summed E-state index contributed by atoms with van der Waals surface area (Å²) < 4.78 is 1.15. The van der Waals surface area contributed by atoms with Gasteiger partial charge in [-0.3, -0.25) is 0 Å². The second-order valence-corrected chi connectivity index (χ2v) is 4.87. The summed E-state index contributed by atoms with van der Waals surface area (Å²) in [7, 11) is 0. The smallest absolute Gasteiger partial charge is 0.0294 e. The van der Waals surface area contributed by atoms with Crippen molar-refractivity contribution in [1.29, 1.82) is 0 Å². The molecular weight excluding hydrogens is 250 g/mol. The van der Waals surface area contributed by atoms with Gasteiger partial charge in [0, 0.05) is 16.6 Å². The topological polar surface area (TPSA) is 12.0 Å². The molecule has 0 spiro atoms. The van der Waals surface area contributed by atoms with Gasteiger partial charge in [0.2, 0.25) is 0 Å². The van der Waals surface area contributed by atoms with Crippen LogP contribution in [-0.4, -0.2) is 6.04 Å². The summed E-state index contributed by atoms with van der Waals surface area (Å²) in [6, 6.07) is 9.55. The Morgan fingerprint density at radius 2 is 1.93 bits per heavy atom. The van der Waals surface area contributed by atoms with E-state index in [1.54, 1.807) is 0 Å². The molecule has 0 radical (unpaired) electrons. The number of halogens is 1. The highest BCUT2D eigenvalue weighted by Crippen LogP contribution is 2.18. The van der Waals surface area contributed by atoms with Crippen molar-refractivity contribution >= 4 is 15.9 Å². The lowest BCUT2D eigenvalue weighted by atomic mass is 10.1. The Balaban J connectivity index is 2.64. The van der Waals surface area contributed by atoms with Gasteiger partial charge in [-0.1, -0.05) is 41.9 Å². The van der Waals surface area contributed by atoms with Gasteiger partial charge in [0.1, 0.15) is 0 Å². The van der Waals surface area contributed by atoms with Crippen LogP contribution in [-0.2, 0) is 0 Å². The van der Waals surface area contributed by atoms with Crippen molar-refractivity contribution in [3.05, 3.63) is 34.3 Å². The van der Waals surface area contributed by atoms with E-state index in [1.165, 1.54) is 18.4 Å². The summed E-state index contributed by atoms with van der Waals surface area (Å²) in [6.07, 6.45) is 2.38. The van der Waals surface area contributed by atoms with Crippen LogP contribution in [0.25, 0.3) is 0 Å². The maximum atomic E-state index is 3.64. The summed E-state index contributed by atoms with van der Waals surface area (Å²) >= 11 is 3.50. The van der Waals surface area contributed by atoms with E-state index >= 15 is 0 Å². The zero-order valence-corrected chi connectivity index (χ0v) is 11.3. The number of hydrogen-bond donors (Lipinski definition) is 1. The molecule has 1 nitrogen and oxygen atoms in total. The standard InChI is InChI=1S/C13H20BrN/c1-4-13(5-2)15-10(3)11-7-6-8-12(14)9-11/h6-10,13,15H,4-5H2,1-3H3/t10-/m1/s1. The normalized spacial score (nSPS) is 13.1. The quantitative estimate of drug-likeness (QED) is 0.841. The van der Waals surface area contributed by atoms with Crippen LogP contribution < -0.4 is 5.32 Å². The van der Waals surface area contributed by atoms with E-state index < -0.39 is 0 Å². The summed E-state index contributed by atoms with van der Waals surface area (Å²) in [5.41, 5.74) is 1.34.